The summed E-state index contributed by atoms with van der Waals surface area (Å²) < 4.78 is 0. The van der Waals surface area contributed by atoms with Crippen LogP contribution in [-0.4, -0.2) is 15.9 Å². The van der Waals surface area contributed by atoms with Gasteiger partial charge in [-0.05, 0) is 25.3 Å². The number of hydrogen-bond acceptors (Lipinski definition) is 5. The van der Waals surface area contributed by atoms with Crippen LogP contribution in [0.15, 0.2) is 18.2 Å². The predicted molar refractivity (Wildman–Crippen MR) is 66.3 cm³/mol. The van der Waals surface area contributed by atoms with Gasteiger partial charge in [0.15, 0.2) is 0 Å². The molecule has 2 unspecified atom stereocenters. The Hall–Kier alpha value is -2.02. The second kappa shape index (κ2) is 5.54. The molecule has 0 saturated carbocycles. The first-order chi connectivity index (χ1) is 8.32. The number of nitro groups is 2. The molecule has 0 saturated heterocycles. The smallest absolute Gasteiger partial charge is 0.279 e. The van der Waals surface area contributed by atoms with Crippen LogP contribution in [-0.2, 0) is 6.42 Å². The first-order valence-corrected chi connectivity index (χ1v) is 5.50. The molecule has 18 heavy (non-hydrogen) atoms. The number of nitro benzene ring substituents is 2. The SMILES string of the molecule is CC(N)C(C)Cc1ccc([N+](=O)[O-])cc1[N+](=O)[O-]. The number of nitrogens with two attached hydrogens (primary N) is 1. The van der Waals surface area contributed by atoms with Gasteiger partial charge in [0, 0.05) is 17.7 Å². The van der Waals surface area contributed by atoms with Gasteiger partial charge in [-0.15, -0.1) is 0 Å². The molecule has 0 aromatic heterocycles. The topological polar surface area (TPSA) is 112 Å². The lowest BCUT2D eigenvalue weighted by Gasteiger charge is -2.15. The zero-order valence-electron chi connectivity index (χ0n) is 10.2. The summed E-state index contributed by atoms with van der Waals surface area (Å²) in [6, 6.07) is 3.59. The van der Waals surface area contributed by atoms with Gasteiger partial charge in [-0.1, -0.05) is 6.92 Å². The van der Waals surface area contributed by atoms with Gasteiger partial charge in [-0.25, -0.2) is 0 Å². The molecule has 1 rings (SSSR count). The minimum absolute atomic E-state index is 0.0603. The van der Waals surface area contributed by atoms with Gasteiger partial charge in [-0.2, -0.15) is 0 Å². The van der Waals surface area contributed by atoms with Crippen LogP contribution in [0.3, 0.4) is 0 Å². The van der Waals surface area contributed by atoms with Crippen LogP contribution in [0.5, 0.6) is 0 Å². The van der Waals surface area contributed by atoms with E-state index in [1.807, 2.05) is 13.8 Å². The molecule has 1 aromatic rings. The zero-order chi connectivity index (χ0) is 13.9. The van der Waals surface area contributed by atoms with Crippen LogP contribution in [0.25, 0.3) is 0 Å². The van der Waals surface area contributed by atoms with E-state index < -0.39 is 9.85 Å². The summed E-state index contributed by atoms with van der Waals surface area (Å²) >= 11 is 0. The van der Waals surface area contributed by atoms with Crippen molar-refractivity contribution in [2.45, 2.75) is 26.3 Å². The lowest BCUT2D eigenvalue weighted by molar-refractivity contribution is -0.394. The molecule has 0 aliphatic rings. The van der Waals surface area contributed by atoms with Gasteiger partial charge in [0.05, 0.1) is 15.9 Å². The predicted octanol–water partition coefficient (Wildman–Crippen LogP) is 2.03. The van der Waals surface area contributed by atoms with Crippen molar-refractivity contribution in [3.8, 4) is 0 Å². The van der Waals surface area contributed by atoms with Crippen molar-refractivity contribution in [3.05, 3.63) is 44.0 Å². The molecule has 0 spiro atoms. The first kappa shape index (κ1) is 14.0. The molecule has 0 aliphatic heterocycles. The highest BCUT2D eigenvalue weighted by Crippen LogP contribution is 2.27. The fraction of sp³-hybridized carbons (Fsp3) is 0.455. The Balaban J connectivity index is 3.12. The Morgan fingerprint density at radius 2 is 1.83 bits per heavy atom. The molecule has 0 bridgehead atoms. The Bertz CT molecular complexity index is 473. The molecule has 1 aromatic carbocycles. The summed E-state index contributed by atoms with van der Waals surface area (Å²) in [7, 11) is 0. The quantitative estimate of drug-likeness (QED) is 0.637. The van der Waals surface area contributed by atoms with Crippen molar-refractivity contribution in [2.75, 3.05) is 0 Å². The molecule has 7 nitrogen and oxygen atoms in total. The van der Waals surface area contributed by atoms with Crippen molar-refractivity contribution in [1.82, 2.24) is 0 Å². The molecular formula is C11H15N3O4. The molecule has 0 fully saturated rings. The summed E-state index contributed by atoms with van der Waals surface area (Å²) in [6.07, 6.45) is 0.423. The van der Waals surface area contributed by atoms with Gasteiger partial charge in [-0.3, -0.25) is 20.2 Å². The molecular weight excluding hydrogens is 238 g/mol. The monoisotopic (exact) mass is 253 g/mol. The summed E-state index contributed by atoms with van der Waals surface area (Å²) in [5, 5.41) is 21.5. The normalized spacial score (nSPS) is 13.9. The van der Waals surface area contributed by atoms with Crippen molar-refractivity contribution in [2.24, 2.45) is 11.7 Å². The highest BCUT2D eigenvalue weighted by Gasteiger charge is 2.21. The maximum atomic E-state index is 10.9. The molecule has 2 N–H and O–H groups in total. The fourth-order valence-electron chi connectivity index (χ4n) is 1.54. The van der Waals surface area contributed by atoms with Crippen LogP contribution >= 0.6 is 0 Å². The average Bonchev–Trinajstić information content (AvgIpc) is 2.28. The molecule has 0 aliphatic carbocycles. The molecule has 98 valence electrons. The third-order valence-corrected chi connectivity index (χ3v) is 2.92. The Morgan fingerprint density at radius 3 is 2.28 bits per heavy atom. The van der Waals surface area contributed by atoms with E-state index in [9.17, 15) is 20.2 Å². The Morgan fingerprint density at radius 1 is 1.22 bits per heavy atom. The van der Waals surface area contributed by atoms with Crippen molar-refractivity contribution in [1.29, 1.82) is 0 Å². The minimum atomic E-state index is -0.647. The van der Waals surface area contributed by atoms with E-state index >= 15 is 0 Å². The lowest BCUT2D eigenvalue weighted by atomic mass is 9.94. The Kier molecular flexibility index (Phi) is 4.33. The zero-order valence-corrected chi connectivity index (χ0v) is 10.2. The van der Waals surface area contributed by atoms with E-state index in [-0.39, 0.29) is 23.3 Å². The van der Waals surface area contributed by atoms with E-state index in [2.05, 4.69) is 0 Å². The third-order valence-electron chi connectivity index (χ3n) is 2.92. The maximum absolute atomic E-state index is 10.9. The second-order valence-corrected chi connectivity index (χ2v) is 4.37. The van der Waals surface area contributed by atoms with Crippen molar-refractivity contribution >= 4 is 11.4 Å². The van der Waals surface area contributed by atoms with Crippen LogP contribution in [0.1, 0.15) is 19.4 Å². The van der Waals surface area contributed by atoms with E-state index in [1.165, 1.54) is 12.1 Å². The fourth-order valence-corrected chi connectivity index (χ4v) is 1.54. The third kappa shape index (κ3) is 3.24. The van der Waals surface area contributed by atoms with Gasteiger partial charge >= 0.3 is 0 Å². The highest BCUT2D eigenvalue weighted by atomic mass is 16.6. The lowest BCUT2D eigenvalue weighted by Crippen LogP contribution is -2.25. The van der Waals surface area contributed by atoms with Crippen LogP contribution in [0, 0.1) is 26.1 Å². The molecule has 7 heteroatoms. The van der Waals surface area contributed by atoms with E-state index in [0.29, 0.717) is 12.0 Å². The van der Waals surface area contributed by atoms with Gasteiger partial charge in [0.1, 0.15) is 0 Å². The minimum Gasteiger partial charge on any atom is -0.328 e. The second-order valence-electron chi connectivity index (χ2n) is 4.37. The van der Waals surface area contributed by atoms with Gasteiger partial charge < -0.3 is 5.73 Å². The average molecular weight is 253 g/mol. The van der Waals surface area contributed by atoms with E-state index in [1.54, 1.807) is 0 Å². The van der Waals surface area contributed by atoms with Crippen molar-refractivity contribution < 1.29 is 9.85 Å². The number of rotatable bonds is 5. The maximum Gasteiger partial charge on any atom is 0.279 e. The van der Waals surface area contributed by atoms with Crippen LogP contribution in [0.4, 0.5) is 11.4 Å². The van der Waals surface area contributed by atoms with Gasteiger partial charge in [0.25, 0.3) is 11.4 Å². The molecule has 0 radical (unpaired) electrons. The largest absolute Gasteiger partial charge is 0.328 e. The van der Waals surface area contributed by atoms with Crippen molar-refractivity contribution in [3.63, 3.8) is 0 Å². The van der Waals surface area contributed by atoms with Crippen LogP contribution < -0.4 is 5.73 Å². The number of non-ortho nitro benzene ring substituents is 1. The number of nitrogens with zero attached hydrogens (tertiary/aromatic N) is 2. The summed E-state index contributed by atoms with van der Waals surface area (Å²) in [5.41, 5.74) is 5.67. The Labute approximate surface area is 104 Å². The highest BCUT2D eigenvalue weighted by molar-refractivity contribution is 5.49. The number of benzene rings is 1. The first-order valence-electron chi connectivity index (χ1n) is 5.50. The summed E-state index contributed by atoms with van der Waals surface area (Å²) in [4.78, 5) is 20.2. The summed E-state index contributed by atoms with van der Waals surface area (Å²) in [5.74, 6) is 0.0603. The summed E-state index contributed by atoms with van der Waals surface area (Å²) in [6.45, 7) is 3.71. The molecule has 0 heterocycles. The number of hydrogen-bond donors (Lipinski definition) is 1. The van der Waals surface area contributed by atoms with E-state index in [4.69, 9.17) is 5.73 Å². The molecule has 2 atom stereocenters. The van der Waals surface area contributed by atoms with E-state index in [0.717, 1.165) is 6.07 Å². The molecule has 0 amide bonds. The van der Waals surface area contributed by atoms with Crippen LogP contribution in [0.2, 0.25) is 0 Å². The van der Waals surface area contributed by atoms with Gasteiger partial charge in [0.2, 0.25) is 0 Å². The standard InChI is InChI=1S/C11H15N3O4/c1-7(8(2)12)5-9-3-4-10(13(15)16)6-11(9)14(17)18/h3-4,6-8H,5,12H2,1-2H3.